The van der Waals surface area contributed by atoms with E-state index < -0.39 is 79.1 Å². The molecule has 1 fully saturated rings. The van der Waals surface area contributed by atoms with Gasteiger partial charge in [0.2, 0.25) is 11.9 Å². The van der Waals surface area contributed by atoms with Crippen molar-refractivity contribution >= 4 is 29.4 Å². The number of amides is 2. The monoisotopic (exact) mass is 782 g/mol. The van der Waals surface area contributed by atoms with E-state index in [1.807, 2.05) is 0 Å². The number of fused-ring (bicyclic) bond motifs is 4. The highest BCUT2D eigenvalue weighted by Crippen LogP contribution is 2.40. The summed E-state index contributed by atoms with van der Waals surface area (Å²) in [7, 11) is 0. The summed E-state index contributed by atoms with van der Waals surface area (Å²) in [5.41, 5.74) is -0.906. The van der Waals surface area contributed by atoms with Gasteiger partial charge in [-0.1, -0.05) is 43.6 Å². The Morgan fingerprint density at radius 2 is 1.72 bits per heavy atom. The number of benzene rings is 2. The first-order valence-electron chi connectivity index (χ1n) is 16.8. The van der Waals surface area contributed by atoms with E-state index in [9.17, 15) is 35.9 Å². The molecule has 2 amide bonds. The number of rotatable bonds is 9. The van der Waals surface area contributed by atoms with E-state index in [0.29, 0.717) is 18.2 Å². The number of hydrogen-bond donors (Lipinski definition) is 2. The minimum absolute atomic E-state index is 0.0248. The fourth-order valence-corrected chi connectivity index (χ4v) is 5.74. The summed E-state index contributed by atoms with van der Waals surface area (Å²) in [6.45, 7) is 1.43. The largest absolute Gasteiger partial charge is 0.400 e. The molecular formula is C34H34ClF7N10O2. The third kappa shape index (κ3) is 8.05. The summed E-state index contributed by atoms with van der Waals surface area (Å²) in [6, 6.07) is 8.98. The third-order valence-corrected chi connectivity index (χ3v) is 9.65. The minimum atomic E-state index is -4.90. The minimum Gasteiger partial charge on any atom is -0.356 e. The summed E-state index contributed by atoms with van der Waals surface area (Å²) in [6.07, 6.45) is -8.00. The van der Waals surface area contributed by atoms with Gasteiger partial charge in [-0.05, 0) is 56.0 Å². The lowest BCUT2D eigenvalue weighted by molar-refractivity contribution is -0.213. The second-order valence-electron chi connectivity index (χ2n) is 13.6. The first kappa shape index (κ1) is 38.6. The van der Waals surface area contributed by atoms with Crippen LogP contribution in [0.4, 0.5) is 30.7 Å². The first-order chi connectivity index (χ1) is 25.4. The molecule has 6 rings (SSSR count). The van der Waals surface area contributed by atoms with Crippen LogP contribution in [0.2, 0.25) is 5.02 Å². The van der Waals surface area contributed by atoms with Crippen molar-refractivity contribution in [2.75, 3.05) is 13.1 Å². The summed E-state index contributed by atoms with van der Waals surface area (Å²) in [4.78, 5) is 38.0. The fourth-order valence-electron chi connectivity index (χ4n) is 5.54. The fraction of sp³-hybridized carbons (Fsp3) is 0.441. The number of nitrogens with one attached hydrogen (secondary N) is 2. The van der Waals surface area contributed by atoms with E-state index in [-0.39, 0.29) is 27.9 Å². The van der Waals surface area contributed by atoms with Crippen LogP contribution in [0.15, 0.2) is 60.0 Å². The van der Waals surface area contributed by atoms with Crippen LogP contribution in [0.1, 0.15) is 80.2 Å². The van der Waals surface area contributed by atoms with Crippen LogP contribution >= 0.6 is 11.6 Å². The summed E-state index contributed by atoms with van der Waals surface area (Å²) in [5, 5.41) is 17.8. The predicted octanol–water partition coefficient (Wildman–Crippen LogP) is 6.92. The van der Waals surface area contributed by atoms with Gasteiger partial charge in [0.25, 0.3) is 12.2 Å². The van der Waals surface area contributed by atoms with Crippen LogP contribution in [-0.4, -0.2) is 77.9 Å². The van der Waals surface area contributed by atoms with E-state index in [2.05, 4.69) is 35.9 Å². The zero-order valence-electron chi connectivity index (χ0n) is 29.0. The Morgan fingerprint density at radius 3 is 2.37 bits per heavy atom. The average Bonchev–Trinajstić information content (AvgIpc) is 3.62. The summed E-state index contributed by atoms with van der Waals surface area (Å²) >= 11 is 6.47. The molecule has 1 unspecified atom stereocenters. The molecule has 54 heavy (non-hydrogen) atoms. The highest BCUT2D eigenvalue weighted by Gasteiger charge is 2.47. The first-order valence-corrected chi connectivity index (χ1v) is 17.2. The van der Waals surface area contributed by atoms with Crippen molar-refractivity contribution in [1.29, 1.82) is 0 Å². The Morgan fingerprint density at radius 1 is 1.02 bits per heavy atom. The molecule has 3 atom stereocenters. The normalized spacial score (nSPS) is 19.4. The molecule has 1 aliphatic heterocycles. The molecule has 2 N–H and O–H groups in total. The van der Waals surface area contributed by atoms with Crippen LogP contribution in [0, 0.1) is 11.3 Å². The Bertz CT molecular complexity index is 2040. The third-order valence-electron chi connectivity index (χ3n) is 9.33. The number of guanidine groups is 1. The molecule has 3 heterocycles. The Labute approximate surface area is 308 Å². The van der Waals surface area contributed by atoms with Crippen molar-refractivity contribution in [1.82, 2.24) is 45.3 Å². The van der Waals surface area contributed by atoms with Gasteiger partial charge in [-0.25, -0.2) is 19.0 Å². The number of carbonyl (C=O) groups excluding carboxylic acids is 2. The maximum atomic E-state index is 16.3. The number of halogens is 8. The van der Waals surface area contributed by atoms with Gasteiger partial charge in [0, 0.05) is 24.2 Å². The quantitative estimate of drug-likeness (QED) is 0.139. The molecule has 4 aromatic rings. The number of hydrogen-bond acceptors (Lipinski definition) is 8. The number of aromatic nitrogens is 6. The lowest BCUT2D eigenvalue weighted by Crippen LogP contribution is -2.51. The SMILES string of the molecule is C[C@@H](C(=O)NC[C@@H]1c2ccc(Cl)c(c2)-n2ncnc2C(F)/N=C(\NCCC(C)(C)C(F)(F)F)N1C(=O)c1ccc(-c2cnn(C3CC3)n2)cc1)C(F)(F)F. The number of aliphatic imine (C=N–C) groups is 1. The molecule has 12 nitrogen and oxygen atoms in total. The van der Waals surface area contributed by atoms with Gasteiger partial charge in [0.1, 0.15) is 17.9 Å². The van der Waals surface area contributed by atoms with Gasteiger partial charge in [-0.15, -0.1) is 0 Å². The van der Waals surface area contributed by atoms with Crippen molar-refractivity contribution in [3.63, 3.8) is 0 Å². The summed E-state index contributed by atoms with van der Waals surface area (Å²) < 4.78 is 99.4. The van der Waals surface area contributed by atoms with E-state index in [1.54, 1.807) is 23.1 Å². The molecule has 1 aliphatic carbocycles. The lowest BCUT2D eigenvalue weighted by atomic mass is 9.88. The molecule has 2 aromatic carbocycles. The molecule has 0 saturated heterocycles. The van der Waals surface area contributed by atoms with Gasteiger partial charge in [-0.3, -0.25) is 14.5 Å². The second kappa shape index (κ2) is 14.6. The van der Waals surface area contributed by atoms with Gasteiger partial charge in [0.15, 0.2) is 5.82 Å². The number of nitrogens with zero attached hydrogens (tertiary/aromatic N) is 8. The van der Waals surface area contributed by atoms with Gasteiger partial charge < -0.3 is 10.6 Å². The Kier molecular flexibility index (Phi) is 10.5. The highest BCUT2D eigenvalue weighted by molar-refractivity contribution is 6.32. The van der Waals surface area contributed by atoms with Crippen LogP contribution in [-0.2, 0) is 4.79 Å². The van der Waals surface area contributed by atoms with Crippen LogP contribution < -0.4 is 10.6 Å². The van der Waals surface area contributed by atoms with Crippen molar-refractivity contribution in [2.24, 2.45) is 16.3 Å². The standard InChI is InChI=1S/C34H34ClF7N10O2/c1-18(33(37,38)39)29(53)44-16-26-21-8-11-23(35)25(14-21)51-28(45-17-47-51)27(36)48-31(43-13-12-32(2,3)34(40,41)42)50(26)30(54)20-6-4-19(5-7-20)24-15-46-52(49-24)22-9-10-22/h4-8,11,14-15,17-18,22,26-27H,9-10,12-13,16H2,1-3H3,(H,43,48)(H,44,53)/t18-,26+,27?/m0/s1. The maximum absolute atomic E-state index is 16.3. The predicted molar refractivity (Wildman–Crippen MR) is 181 cm³/mol. The van der Waals surface area contributed by atoms with Crippen LogP contribution in [0.25, 0.3) is 16.9 Å². The molecule has 0 radical (unpaired) electrons. The van der Waals surface area contributed by atoms with Gasteiger partial charge in [-0.2, -0.15) is 46.4 Å². The van der Waals surface area contributed by atoms with Gasteiger partial charge in [0.05, 0.1) is 34.4 Å². The van der Waals surface area contributed by atoms with Crippen molar-refractivity contribution in [3.8, 4) is 16.9 Å². The maximum Gasteiger partial charge on any atom is 0.400 e. The highest BCUT2D eigenvalue weighted by atomic mass is 35.5. The zero-order chi connectivity index (χ0) is 39.2. The molecule has 288 valence electrons. The molecule has 0 spiro atoms. The summed E-state index contributed by atoms with van der Waals surface area (Å²) in [5.74, 6) is -5.75. The van der Waals surface area contributed by atoms with E-state index in [0.717, 1.165) is 42.6 Å². The van der Waals surface area contributed by atoms with Crippen LogP contribution in [0.3, 0.4) is 0 Å². The van der Waals surface area contributed by atoms with Crippen molar-refractivity contribution in [3.05, 3.63) is 77.0 Å². The van der Waals surface area contributed by atoms with Crippen molar-refractivity contribution < 1.29 is 40.3 Å². The van der Waals surface area contributed by atoms with E-state index in [4.69, 9.17) is 11.6 Å². The second-order valence-corrected chi connectivity index (χ2v) is 14.1. The molecule has 1 saturated carbocycles. The smallest absolute Gasteiger partial charge is 0.356 e. The van der Waals surface area contributed by atoms with Crippen LogP contribution in [0.5, 0.6) is 0 Å². The average molecular weight is 783 g/mol. The molecule has 2 bridgehead atoms. The number of carbonyl (C=O) groups is 2. The van der Waals surface area contributed by atoms with E-state index in [1.165, 1.54) is 30.3 Å². The molecule has 2 aliphatic rings. The van der Waals surface area contributed by atoms with E-state index >= 15 is 4.39 Å². The molecule has 20 heteroatoms. The Hall–Kier alpha value is -5.07. The van der Waals surface area contributed by atoms with Crippen molar-refractivity contribution in [2.45, 2.75) is 70.8 Å². The topological polar surface area (TPSA) is 135 Å². The lowest BCUT2D eigenvalue weighted by Gasteiger charge is -2.35. The van der Waals surface area contributed by atoms with Gasteiger partial charge >= 0.3 is 12.4 Å². The number of alkyl halides is 7. The molecule has 2 aromatic heterocycles. The molecular weight excluding hydrogens is 749 g/mol. The zero-order valence-corrected chi connectivity index (χ0v) is 29.7. The Balaban J connectivity index is 1.46.